The van der Waals surface area contributed by atoms with Crippen molar-refractivity contribution in [2.45, 2.75) is 26.3 Å². The standard InChI is InChI=1S/C15H20N2O3/c1-10-3-5-13(6-4-10)17-8-12(7-14(17)19)15(20)16-11(2)9-18/h3-6,11-12,18H,7-9H2,1-2H3,(H,16,20). The van der Waals surface area contributed by atoms with Crippen LogP contribution in [0.1, 0.15) is 18.9 Å². The zero-order chi connectivity index (χ0) is 14.7. The number of aliphatic hydroxyl groups excluding tert-OH is 1. The molecule has 0 bridgehead atoms. The Labute approximate surface area is 118 Å². The van der Waals surface area contributed by atoms with Crippen molar-refractivity contribution in [3.63, 3.8) is 0 Å². The molecular weight excluding hydrogens is 256 g/mol. The van der Waals surface area contributed by atoms with Crippen LogP contribution in [0.4, 0.5) is 5.69 Å². The molecule has 5 nitrogen and oxygen atoms in total. The Morgan fingerprint density at radius 3 is 2.70 bits per heavy atom. The van der Waals surface area contributed by atoms with E-state index >= 15 is 0 Å². The normalized spacial score (nSPS) is 20.1. The minimum absolute atomic E-state index is 0.0364. The zero-order valence-electron chi connectivity index (χ0n) is 11.8. The maximum Gasteiger partial charge on any atom is 0.227 e. The molecule has 1 aliphatic rings. The first-order chi connectivity index (χ1) is 9.51. The van der Waals surface area contributed by atoms with Crippen LogP contribution in [-0.2, 0) is 9.59 Å². The molecule has 0 aliphatic carbocycles. The van der Waals surface area contributed by atoms with Gasteiger partial charge in [0.15, 0.2) is 0 Å². The van der Waals surface area contributed by atoms with Crippen LogP contribution >= 0.6 is 0 Å². The van der Waals surface area contributed by atoms with E-state index in [4.69, 9.17) is 5.11 Å². The van der Waals surface area contributed by atoms with E-state index in [9.17, 15) is 9.59 Å². The van der Waals surface area contributed by atoms with Crippen molar-refractivity contribution in [2.75, 3.05) is 18.1 Å². The van der Waals surface area contributed by atoms with Crippen LogP contribution in [0, 0.1) is 12.8 Å². The lowest BCUT2D eigenvalue weighted by Gasteiger charge is -2.18. The van der Waals surface area contributed by atoms with Crippen LogP contribution in [0.2, 0.25) is 0 Å². The molecule has 0 spiro atoms. The van der Waals surface area contributed by atoms with Crippen molar-refractivity contribution in [1.82, 2.24) is 5.32 Å². The fourth-order valence-corrected chi connectivity index (χ4v) is 2.26. The molecule has 1 fully saturated rings. The van der Waals surface area contributed by atoms with E-state index in [0.29, 0.717) is 6.54 Å². The first-order valence-corrected chi connectivity index (χ1v) is 6.79. The van der Waals surface area contributed by atoms with Crippen molar-refractivity contribution < 1.29 is 14.7 Å². The van der Waals surface area contributed by atoms with Crippen LogP contribution < -0.4 is 10.2 Å². The first-order valence-electron chi connectivity index (χ1n) is 6.79. The number of rotatable bonds is 4. The van der Waals surface area contributed by atoms with E-state index in [1.165, 1.54) is 0 Å². The smallest absolute Gasteiger partial charge is 0.227 e. The van der Waals surface area contributed by atoms with E-state index < -0.39 is 0 Å². The van der Waals surface area contributed by atoms with Gasteiger partial charge in [0.2, 0.25) is 11.8 Å². The molecule has 2 rings (SSSR count). The van der Waals surface area contributed by atoms with Gasteiger partial charge in [-0.2, -0.15) is 0 Å². The summed E-state index contributed by atoms with van der Waals surface area (Å²) in [6.07, 6.45) is 0.220. The second kappa shape index (κ2) is 6.05. The molecule has 2 amide bonds. The van der Waals surface area contributed by atoms with Crippen molar-refractivity contribution in [3.05, 3.63) is 29.8 Å². The number of anilines is 1. The van der Waals surface area contributed by atoms with Gasteiger partial charge < -0.3 is 15.3 Å². The van der Waals surface area contributed by atoms with Gasteiger partial charge in [0.1, 0.15) is 0 Å². The summed E-state index contributed by atoms with van der Waals surface area (Å²) in [5.41, 5.74) is 1.96. The number of carbonyl (C=O) groups excluding carboxylic acids is 2. The summed E-state index contributed by atoms with van der Waals surface area (Å²) < 4.78 is 0. The maximum absolute atomic E-state index is 12.0. The zero-order valence-corrected chi connectivity index (χ0v) is 11.8. The van der Waals surface area contributed by atoms with Gasteiger partial charge in [-0.15, -0.1) is 0 Å². The summed E-state index contributed by atoms with van der Waals surface area (Å²) in [6.45, 7) is 4.01. The lowest BCUT2D eigenvalue weighted by molar-refractivity contribution is -0.127. The monoisotopic (exact) mass is 276 g/mol. The number of amides is 2. The van der Waals surface area contributed by atoms with Crippen LogP contribution in [0.5, 0.6) is 0 Å². The molecule has 1 aliphatic heterocycles. The lowest BCUT2D eigenvalue weighted by atomic mass is 10.1. The highest BCUT2D eigenvalue weighted by atomic mass is 16.3. The number of hydrogen-bond acceptors (Lipinski definition) is 3. The number of benzene rings is 1. The SMILES string of the molecule is Cc1ccc(N2CC(C(=O)NC(C)CO)CC2=O)cc1. The molecule has 1 heterocycles. The number of hydrogen-bond donors (Lipinski definition) is 2. The Bertz CT molecular complexity index is 498. The molecule has 108 valence electrons. The predicted molar refractivity (Wildman–Crippen MR) is 76.3 cm³/mol. The Balaban J connectivity index is 2.03. The Morgan fingerprint density at radius 2 is 2.10 bits per heavy atom. The highest BCUT2D eigenvalue weighted by Crippen LogP contribution is 2.25. The van der Waals surface area contributed by atoms with Gasteiger partial charge in [0.05, 0.1) is 12.5 Å². The van der Waals surface area contributed by atoms with Gasteiger partial charge >= 0.3 is 0 Å². The third kappa shape index (κ3) is 3.17. The Hall–Kier alpha value is -1.88. The van der Waals surface area contributed by atoms with E-state index in [0.717, 1.165) is 11.3 Å². The molecule has 2 unspecified atom stereocenters. The van der Waals surface area contributed by atoms with Crippen LogP contribution in [0.3, 0.4) is 0 Å². The minimum Gasteiger partial charge on any atom is -0.394 e. The van der Waals surface area contributed by atoms with E-state index in [1.54, 1.807) is 11.8 Å². The van der Waals surface area contributed by atoms with E-state index in [2.05, 4.69) is 5.32 Å². The summed E-state index contributed by atoms with van der Waals surface area (Å²) in [5, 5.41) is 11.6. The predicted octanol–water partition coefficient (Wildman–Crippen LogP) is 0.845. The topological polar surface area (TPSA) is 69.6 Å². The Kier molecular flexibility index (Phi) is 4.39. The molecule has 1 saturated heterocycles. The summed E-state index contributed by atoms with van der Waals surface area (Å²) in [4.78, 5) is 25.7. The molecule has 0 saturated carbocycles. The van der Waals surface area contributed by atoms with E-state index in [-0.39, 0.29) is 36.8 Å². The summed E-state index contributed by atoms with van der Waals surface area (Å²) >= 11 is 0. The number of nitrogens with zero attached hydrogens (tertiary/aromatic N) is 1. The van der Waals surface area contributed by atoms with Gasteiger partial charge in [0, 0.05) is 24.7 Å². The van der Waals surface area contributed by atoms with Gasteiger partial charge in [-0.05, 0) is 26.0 Å². The lowest BCUT2D eigenvalue weighted by Crippen LogP contribution is -2.40. The summed E-state index contributed by atoms with van der Waals surface area (Å²) in [6, 6.07) is 7.40. The van der Waals surface area contributed by atoms with Crippen molar-refractivity contribution in [3.8, 4) is 0 Å². The van der Waals surface area contributed by atoms with Gasteiger partial charge in [-0.1, -0.05) is 17.7 Å². The molecule has 2 atom stereocenters. The molecule has 20 heavy (non-hydrogen) atoms. The summed E-state index contributed by atoms with van der Waals surface area (Å²) in [5.74, 6) is -0.557. The highest BCUT2D eigenvalue weighted by molar-refractivity contribution is 6.00. The maximum atomic E-state index is 12.0. The molecule has 0 aromatic heterocycles. The molecule has 5 heteroatoms. The molecule has 2 N–H and O–H groups in total. The molecule has 1 aromatic carbocycles. The molecule has 0 radical (unpaired) electrons. The number of carbonyl (C=O) groups is 2. The molecule has 1 aromatic rings. The largest absolute Gasteiger partial charge is 0.394 e. The Morgan fingerprint density at radius 1 is 1.45 bits per heavy atom. The average Bonchev–Trinajstić information content (AvgIpc) is 2.81. The number of nitrogens with one attached hydrogen (secondary N) is 1. The fourth-order valence-electron chi connectivity index (χ4n) is 2.26. The van der Waals surface area contributed by atoms with Crippen LogP contribution in [-0.4, -0.2) is 36.1 Å². The van der Waals surface area contributed by atoms with E-state index in [1.807, 2.05) is 31.2 Å². The number of aliphatic hydroxyl groups is 1. The van der Waals surface area contributed by atoms with Crippen LogP contribution in [0.15, 0.2) is 24.3 Å². The van der Waals surface area contributed by atoms with Crippen LogP contribution in [0.25, 0.3) is 0 Å². The van der Waals surface area contributed by atoms with Crippen molar-refractivity contribution in [1.29, 1.82) is 0 Å². The minimum atomic E-state index is -0.349. The van der Waals surface area contributed by atoms with Gasteiger partial charge in [-0.25, -0.2) is 0 Å². The quantitative estimate of drug-likeness (QED) is 0.856. The third-order valence-electron chi connectivity index (χ3n) is 3.50. The van der Waals surface area contributed by atoms with Crippen molar-refractivity contribution in [2.24, 2.45) is 5.92 Å². The van der Waals surface area contributed by atoms with Gasteiger partial charge in [-0.3, -0.25) is 9.59 Å². The number of aryl methyl sites for hydroxylation is 1. The summed E-state index contributed by atoms with van der Waals surface area (Å²) in [7, 11) is 0. The first kappa shape index (κ1) is 14.5. The van der Waals surface area contributed by atoms with Crippen molar-refractivity contribution >= 4 is 17.5 Å². The average molecular weight is 276 g/mol. The fraction of sp³-hybridized carbons (Fsp3) is 0.467. The van der Waals surface area contributed by atoms with Gasteiger partial charge in [0.25, 0.3) is 0 Å². The molecular formula is C15H20N2O3. The highest BCUT2D eigenvalue weighted by Gasteiger charge is 2.35. The second-order valence-corrected chi connectivity index (χ2v) is 5.33. The third-order valence-corrected chi connectivity index (χ3v) is 3.50. The second-order valence-electron chi connectivity index (χ2n) is 5.33.